The van der Waals surface area contributed by atoms with Gasteiger partial charge in [-0.25, -0.2) is 14.2 Å². The summed E-state index contributed by atoms with van der Waals surface area (Å²) < 4.78 is 3.50. The largest absolute Gasteiger partial charge is 0.368 e. The van der Waals surface area contributed by atoms with Gasteiger partial charge in [0.15, 0.2) is 5.82 Å². The number of H-pyrrole nitrogens is 1. The summed E-state index contributed by atoms with van der Waals surface area (Å²) in [6, 6.07) is 7.93. The van der Waals surface area contributed by atoms with Crippen LogP contribution in [0.3, 0.4) is 0 Å². The smallest absolute Gasteiger partial charge is 0.254 e. The molecule has 29 heavy (non-hydrogen) atoms. The molecule has 5 rings (SSSR count). The van der Waals surface area contributed by atoms with Crippen LogP contribution in [-0.2, 0) is 6.54 Å². The van der Waals surface area contributed by atoms with E-state index in [4.69, 9.17) is 0 Å². The van der Waals surface area contributed by atoms with Gasteiger partial charge in [-0.1, -0.05) is 0 Å². The van der Waals surface area contributed by atoms with Crippen molar-refractivity contribution in [3.05, 3.63) is 70.7 Å². The lowest BCUT2D eigenvalue weighted by atomic mass is 10.2. The number of anilines is 1. The van der Waals surface area contributed by atoms with E-state index in [2.05, 4.69) is 36.0 Å². The van der Waals surface area contributed by atoms with E-state index in [0.717, 1.165) is 55.6 Å². The third kappa shape index (κ3) is 3.52. The molecule has 4 aromatic rings. The van der Waals surface area contributed by atoms with Crippen LogP contribution in [0.15, 0.2) is 53.8 Å². The molecule has 1 N–H and O–H groups in total. The number of aromatic amines is 1. The van der Waals surface area contributed by atoms with Crippen molar-refractivity contribution in [1.82, 2.24) is 34.3 Å². The monoisotopic (exact) mass is 390 g/mol. The SMILES string of the molecule is Cc1cn2nc(CN3CCN(c4ccc(-n5cccn5)nc4)CC3)cc2[nH]c1=O. The minimum Gasteiger partial charge on any atom is -0.368 e. The van der Waals surface area contributed by atoms with Crippen molar-refractivity contribution in [2.75, 3.05) is 31.1 Å². The average Bonchev–Trinajstić information content (AvgIpc) is 3.39. The van der Waals surface area contributed by atoms with Crippen LogP contribution in [0.2, 0.25) is 0 Å². The Bertz CT molecular complexity index is 1170. The third-order valence-corrected chi connectivity index (χ3v) is 5.30. The van der Waals surface area contributed by atoms with Gasteiger partial charge in [-0.05, 0) is 25.1 Å². The van der Waals surface area contributed by atoms with E-state index in [1.54, 1.807) is 28.5 Å². The normalized spacial score (nSPS) is 15.3. The molecule has 0 aromatic carbocycles. The molecule has 0 spiro atoms. The lowest BCUT2D eigenvalue weighted by molar-refractivity contribution is 0.247. The molecule has 0 radical (unpaired) electrons. The summed E-state index contributed by atoms with van der Waals surface area (Å²) in [7, 11) is 0. The van der Waals surface area contributed by atoms with Gasteiger partial charge in [0.25, 0.3) is 5.56 Å². The molecule has 9 nitrogen and oxygen atoms in total. The van der Waals surface area contributed by atoms with Crippen molar-refractivity contribution in [2.24, 2.45) is 0 Å². The summed E-state index contributed by atoms with van der Waals surface area (Å²) in [4.78, 5) is 23.9. The summed E-state index contributed by atoms with van der Waals surface area (Å²) in [6.45, 7) is 6.33. The van der Waals surface area contributed by atoms with Gasteiger partial charge in [-0.2, -0.15) is 10.2 Å². The maximum absolute atomic E-state index is 11.8. The number of aryl methyl sites for hydroxylation is 1. The van der Waals surface area contributed by atoms with Crippen LogP contribution in [-0.4, -0.2) is 60.4 Å². The van der Waals surface area contributed by atoms with E-state index in [1.165, 1.54) is 0 Å². The van der Waals surface area contributed by atoms with E-state index in [-0.39, 0.29) is 5.56 Å². The molecule has 9 heteroatoms. The van der Waals surface area contributed by atoms with Crippen molar-refractivity contribution in [1.29, 1.82) is 0 Å². The summed E-state index contributed by atoms with van der Waals surface area (Å²) in [5.74, 6) is 0.817. The average molecular weight is 390 g/mol. The lowest BCUT2D eigenvalue weighted by Gasteiger charge is -2.35. The Morgan fingerprint density at radius 2 is 2.03 bits per heavy atom. The number of rotatable bonds is 4. The molecular weight excluding hydrogens is 368 g/mol. The highest BCUT2D eigenvalue weighted by Crippen LogP contribution is 2.18. The maximum Gasteiger partial charge on any atom is 0.254 e. The number of piperazine rings is 1. The van der Waals surface area contributed by atoms with Crippen molar-refractivity contribution >= 4 is 11.3 Å². The molecule has 0 aliphatic carbocycles. The molecule has 1 aliphatic heterocycles. The first-order valence-corrected chi connectivity index (χ1v) is 9.67. The van der Waals surface area contributed by atoms with E-state index < -0.39 is 0 Å². The van der Waals surface area contributed by atoms with Crippen LogP contribution in [0.5, 0.6) is 0 Å². The van der Waals surface area contributed by atoms with Gasteiger partial charge in [0.05, 0.1) is 17.6 Å². The third-order valence-electron chi connectivity index (χ3n) is 5.30. The minimum absolute atomic E-state index is 0.0650. The summed E-state index contributed by atoms with van der Waals surface area (Å²) in [5, 5.41) is 8.80. The lowest BCUT2D eigenvalue weighted by Crippen LogP contribution is -2.46. The Kier molecular flexibility index (Phi) is 4.36. The Labute approximate surface area is 167 Å². The molecule has 148 valence electrons. The van der Waals surface area contributed by atoms with Crippen LogP contribution in [0, 0.1) is 6.92 Å². The van der Waals surface area contributed by atoms with Crippen LogP contribution in [0.4, 0.5) is 5.69 Å². The number of aromatic nitrogens is 6. The molecule has 1 saturated heterocycles. The zero-order chi connectivity index (χ0) is 19.8. The Balaban J connectivity index is 1.22. The number of pyridine rings is 1. The molecule has 0 unspecified atom stereocenters. The molecule has 0 bridgehead atoms. The van der Waals surface area contributed by atoms with Crippen LogP contribution in [0.25, 0.3) is 11.5 Å². The first kappa shape index (κ1) is 17.6. The number of nitrogens with zero attached hydrogens (tertiary/aromatic N) is 7. The molecule has 0 amide bonds. The van der Waals surface area contributed by atoms with E-state index in [1.807, 2.05) is 30.6 Å². The number of nitrogens with one attached hydrogen (secondary N) is 1. The van der Waals surface area contributed by atoms with Crippen LogP contribution >= 0.6 is 0 Å². The second-order valence-corrected chi connectivity index (χ2v) is 7.32. The van der Waals surface area contributed by atoms with Gasteiger partial charge in [0, 0.05) is 62.9 Å². The molecular formula is C20H22N8O. The second-order valence-electron chi connectivity index (χ2n) is 7.32. The predicted molar refractivity (Wildman–Crippen MR) is 109 cm³/mol. The fraction of sp³-hybridized carbons (Fsp3) is 0.300. The Hall–Kier alpha value is -3.46. The maximum atomic E-state index is 11.8. The molecule has 4 aromatic heterocycles. The molecule has 1 fully saturated rings. The minimum atomic E-state index is -0.0650. The fourth-order valence-electron chi connectivity index (χ4n) is 3.67. The van der Waals surface area contributed by atoms with E-state index in [9.17, 15) is 4.79 Å². The zero-order valence-electron chi connectivity index (χ0n) is 16.2. The Morgan fingerprint density at radius 1 is 1.17 bits per heavy atom. The summed E-state index contributed by atoms with van der Waals surface area (Å²) in [5.41, 5.74) is 3.42. The molecule has 5 heterocycles. The van der Waals surface area contributed by atoms with Crippen LogP contribution in [0.1, 0.15) is 11.3 Å². The molecule has 1 aliphatic rings. The molecule has 0 saturated carbocycles. The van der Waals surface area contributed by atoms with Crippen molar-refractivity contribution in [2.45, 2.75) is 13.5 Å². The summed E-state index contributed by atoms with van der Waals surface area (Å²) >= 11 is 0. The van der Waals surface area contributed by atoms with Gasteiger partial charge < -0.3 is 9.88 Å². The second kappa shape index (κ2) is 7.17. The quantitative estimate of drug-likeness (QED) is 0.564. The van der Waals surface area contributed by atoms with Gasteiger partial charge >= 0.3 is 0 Å². The van der Waals surface area contributed by atoms with Crippen molar-refractivity contribution in [3.8, 4) is 5.82 Å². The van der Waals surface area contributed by atoms with E-state index >= 15 is 0 Å². The van der Waals surface area contributed by atoms with Crippen molar-refractivity contribution in [3.63, 3.8) is 0 Å². The van der Waals surface area contributed by atoms with E-state index in [0.29, 0.717) is 5.56 Å². The topological polar surface area (TPSA) is 87.3 Å². The van der Waals surface area contributed by atoms with Gasteiger partial charge in [-0.15, -0.1) is 0 Å². The highest BCUT2D eigenvalue weighted by Gasteiger charge is 2.19. The highest BCUT2D eigenvalue weighted by molar-refractivity contribution is 5.47. The standard InChI is InChI=1S/C20H22N8O/c1-15-13-28-19(23-20(15)29)11-16(24-28)14-25-7-9-26(10-8-25)17-3-4-18(21-12-17)27-6-2-5-22-27/h2-6,11-13H,7-10,14H2,1H3,(H,23,29). The van der Waals surface area contributed by atoms with Gasteiger partial charge in [0.1, 0.15) is 5.65 Å². The van der Waals surface area contributed by atoms with Crippen molar-refractivity contribution < 1.29 is 0 Å². The predicted octanol–water partition coefficient (Wildman–Crippen LogP) is 1.23. The van der Waals surface area contributed by atoms with Crippen LogP contribution < -0.4 is 10.5 Å². The zero-order valence-corrected chi connectivity index (χ0v) is 16.2. The number of fused-ring (bicyclic) bond motifs is 1. The number of hydrogen-bond donors (Lipinski definition) is 1. The molecule has 0 atom stereocenters. The highest BCUT2D eigenvalue weighted by atomic mass is 16.1. The first-order valence-electron chi connectivity index (χ1n) is 9.67. The summed E-state index contributed by atoms with van der Waals surface area (Å²) in [6.07, 6.45) is 7.32. The number of hydrogen-bond acceptors (Lipinski definition) is 6. The first-order chi connectivity index (χ1) is 14.2. The fourth-order valence-corrected chi connectivity index (χ4v) is 3.67. The van der Waals surface area contributed by atoms with Gasteiger partial charge in [0.2, 0.25) is 0 Å². The Morgan fingerprint density at radius 3 is 2.76 bits per heavy atom. The van der Waals surface area contributed by atoms with Gasteiger partial charge in [-0.3, -0.25) is 9.69 Å².